The molecule has 1 fully saturated rings. The van der Waals surface area contributed by atoms with Crippen molar-refractivity contribution in [1.29, 1.82) is 0 Å². The molecule has 5 nitrogen and oxygen atoms in total. The molecular formula is C12H18N4O. The molecular weight excluding hydrogens is 216 g/mol. The lowest BCUT2D eigenvalue weighted by molar-refractivity contribution is 0.177. The molecule has 2 rings (SSSR count). The number of amides is 2. The number of hydrogen-bond donors (Lipinski definition) is 2. The van der Waals surface area contributed by atoms with Gasteiger partial charge in [0.1, 0.15) is 0 Å². The van der Waals surface area contributed by atoms with Gasteiger partial charge in [0.05, 0.1) is 0 Å². The quantitative estimate of drug-likeness (QED) is 0.768. The van der Waals surface area contributed by atoms with Gasteiger partial charge >= 0.3 is 6.03 Å². The molecule has 1 aliphatic heterocycles. The van der Waals surface area contributed by atoms with E-state index in [-0.39, 0.29) is 12.1 Å². The average molecular weight is 234 g/mol. The zero-order valence-corrected chi connectivity index (χ0v) is 10.2. The van der Waals surface area contributed by atoms with Crippen molar-refractivity contribution in [1.82, 2.24) is 15.2 Å². The molecule has 2 N–H and O–H groups in total. The number of carbonyl (C=O) groups is 1. The minimum atomic E-state index is -0.0374. The van der Waals surface area contributed by atoms with Gasteiger partial charge in [-0.25, -0.2) is 4.79 Å². The van der Waals surface area contributed by atoms with Gasteiger partial charge in [0.15, 0.2) is 0 Å². The minimum Gasteiger partial charge on any atom is -0.319 e. The number of aromatic nitrogens is 1. The highest BCUT2D eigenvalue weighted by Gasteiger charge is 2.22. The third-order valence-corrected chi connectivity index (χ3v) is 2.91. The number of nitrogens with zero attached hydrogens (tertiary/aromatic N) is 2. The fourth-order valence-electron chi connectivity index (χ4n) is 1.96. The van der Waals surface area contributed by atoms with Gasteiger partial charge < -0.3 is 15.5 Å². The number of piperazine rings is 1. The number of urea groups is 1. The van der Waals surface area contributed by atoms with Gasteiger partial charge in [-0.2, -0.15) is 0 Å². The SMILES string of the molecule is Cc1cc(NC(=O)N2CCNC[C@@H]2C)ccn1. The monoisotopic (exact) mass is 234 g/mol. The molecule has 1 atom stereocenters. The van der Waals surface area contributed by atoms with E-state index < -0.39 is 0 Å². The molecule has 0 bridgehead atoms. The van der Waals surface area contributed by atoms with Crippen LogP contribution in [0.15, 0.2) is 18.3 Å². The van der Waals surface area contributed by atoms with E-state index in [4.69, 9.17) is 0 Å². The molecule has 0 aromatic carbocycles. The second kappa shape index (κ2) is 5.14. The van der Waals surface area contributed by atoms with E-state index in [1.165, 1.54) is 0 Å². The van der Waals surface area contributed by atoms with Crippen LogP contribution in [-0.2, 0) is 0 Å². The largest absolute Gasteiger partial charge is 0.322 e. The number of pyridine rings is 1. The second-order valence-corrected chi connectivity index (χ2v) is 4.36. The molecule has 0 aliphatic carbocycles. The molecule has 1 aromatic heterocycles. The van der Waals surface area contributed by atoms with Gasteiger partial charge in [-0.1, -0.05) is 0 Å². The first-order valence-electron chi connectivity index (χ1n) is 5.88. The van der Waals surface area contributed by atoms with Gasteiger partial charge in [0.25, 0.3) is 0 Å². The van der Waals surface area contributed by atoms with E-state index in [0.29, 0.717) is 0 Å². The summed E-state index contributed by atoms with van der Waals surface area (Å²) in [4.78, 5) is 18.0. The Hall–Kier alpha value is -1.62. The maximum atomic E-state index is 12.1. The predicted molar refractivity (Wildman–Crippen MR) is 67.0 cm³/mol. The molecule has 1 aromatic rings. The third-order valence-electron chi connectivity index (χ3n) is 2.91. The molecule has 92 valence electrons. The van der Waals surface area contributed by atoms with Crippen LogP contribution in [0.1, 0.15) is 12.6 Å². The van der Waals surface area contributed by atoms with E-state index in [2.05, 4.69) is 15.6 Å². The molecule has 1 aliphatic rings. The number of nitrogens with one attached hydrogen (secondary N) is 2. The summed E-state index contributed by atoms with van der Waals surface area (Å²) >= 11 is 0. The molecule has 0 unspecified atom stereocenters. The lowest BCUT2D eigenvalue weighted by atomic mass is 10.2. The Labute approximate surface area is 101 Å². The van der Waals surface area contributed by atoms with E-state index >= 15 is 0 Å². The summed E-state index contributed by atoms with van der Waals surface area (Å²) in [6.45, 7) is 6.40. The predicted octanol–water partition coefficient (Wildman–Crippen LogP) is 1.22. The molecule has 17 heavy (non-hydrogen) atoms. The van der Waals surface area contributed by atoms with Crippen LogP contribution in [0, 0.1) is 6.92 Å². The van der Waals surface area contributed by atoms with Crippen LogP contribution in [0.25, 0.3) is 0 Å². The van der Waals surface area contributed by atoms with Crippen molar-refractivity contribution in [3.63, 3.8) is 0 Å². The number of carbonyl (C=O) groups excluding carboxylic acids is 1. The highest BCUT2D eigenvalue weighted by molar-refractivity contribution is 5.89. The van der Waals surface area contributed by atoms with Gasteiger partial charge in [-0.3, -0.25) is 4.98 Å². The molecule has 1 saturated heterocycles. The van der Waals surface area contributed by atoms with Crippen LogP contribution in [0.4, 0.5) is 10.5 Å². The Bertz CT molecular complexity index is 407. The smallest absolute Gasteiger partial charge is 0.319 e. The van der Waals surface area contributed by atoms with E-state index in [0.717, 1.165) is 31.0 Å². The zero-order valence-electron chi connectivity index (χ0n) is 10.2. The Kier molecular flexibility index (Phi) is 3.58. The van der Waals surface area contributed by atoms with Crippen molar-refractivity contribution in [2.24, 2.45) is 0 Å². The first-order valence-corrected chi connectivity index (χ1v) is 5.88. The Morgan fingerprint density at radius 1 is 1.65 bits per heavy atom. The maximum Gasteiger partial charge on any atom is 0.322 e. The van der Waals surface area contributed by atoms with E-state index in [9.17, 15) is 4.79 Å². The summed E-state index contributed by atoms with van der Waals surface area (Å²) < 4.78 is 0. The van der Waals surface area contributed by atoms with Crippen molar-refractivity contribution >= 4 is 11.7 Å². The van der Waals surface area contributed by atoms with Crippen LogP contribution in [0.2, 0.25) is 0 Å². The van der Waals surface area contributed by atoms with Crippen LogP contribution in [0.3, 0.4) is 0 Å². The van der Waals surface area contributed by atoms with Crippen LogP contribution >= 0.6 is 0 Å². The van der Waals surface area contributed by atoms with Crippen molar-refractivity contribution in [3.05, 3.63) is 24.0 Å². The molecule has 5 heteroatoms. The summed E-state index contributed by atoms with van der Waals surface area (Å²) in [5.41, 5.74) is 1.70. The number of rotatable bonds is 1. The third kappa shape index (κ3) is 2.94. The van der Waals surface area contributed by atoms with Gasteiger partial charge in [-0.05, 0) is 26.0 Å². The Balaban J connectivity index is 2.01. The zero-order chi connectivity index (χ0) is 12.3. The summed E-state index contributed by atoms with van der Waals surface area (Å²) in [6.07, 6.45) is 1.70. The molecule has 0 radical (unpaired) electrons. The Morgan fingerprint density at radius 2 is 2.47 bits per heavy atom. The first kappa shape index (κ1) is 11.9. The van der Waals surface area contributed by atoms with Crippen LogP contribution in [-0.4, -0.2) is 41.6 Å². The van der Waals surface area contributed by atoms with Crippen LogP contribution < -0.4 is 10.6 Å². The van der Waals surface area contributed by atoms with Crippen LogP contribution in [0.5, 0.6) is 0 Å². The topological polar surface area (TPSA) is 57.3 Å². The summed E-state index contributed by atoms with van der Waals surface area (Å²) in [5.74, 6) is 0. The molecule has 2 heterocycles. The highest BCUT2D eigenvalue weighted by Crippen LogP contribution is 2.10. The molecule has 2 amide bonds. The number of hydrogen-bond acceptors (Lipinski definition) is 3. The second-order valence-electron chi connectivity index (χ2n) is 4.36. The Morgan fingerprint density at radius 3 is 3.18 bits per heavy atom. The van der Waals surface area contributed by atoms with E-state index in [1.54, 1.807) is 12.3 Å². The maximum absolute atomic E-state index is 12.1. The van der Waals surface area contributed by atoms with Crippen molar-refractivity contribution in [2.75, 3.05) is 25.0 Å². The molecule has 0 saturated carbocycles. The number of aryl methyl sites for hydroxylation is 1. The van der Waals surface area contributed by atoms with Gasteiger partial charge in [0.2, 0.25) is 0 Å². The standard InChI is InChI=1S/C12H18N4O/c1-9-7-11(3-4-14-9)15-12(17)16-6-5-13-8-10(16)2/h3-4,7,10,13H,5-6,8H2,1-2H3,(H,14,15,17)/t10-/m0/s1. The van der Waals surface area contributed by atoms with Gasteiger partial charge in [0, 0.05) is 43.3 Å². The lowest BCUT2D eigenvalue weighted by Crippen LogP contribution is -2.53. The summed E-state index contributed by atoms with van der Waals surface area (Å²) in [6, 6.07) is 3.86. The van der Waals surface area contributed by atoms with Crippen molar-refractivity contribution < 1.29 is 4.79 Å². The average Bonchev–Trinajstić information content (AvgIpc) is 2.29. The van der Waals surface area contributed by atoms with Crippen molar-refractivity contribution in [2.45, 2.75) is 19.9 Å². The van der Waals surface area contributed by atoms with Gasteiger partial charge in [-0.15, -0.1) is 0 Å². The normalized spacial score (nSPS) is 20.1. The lowest BCUT2D eigenvalue weighted by Gasteiger charge is -2.33. The van der Waals surface area contributed by atoms with E-state index in [1.807, 2.05) is 24.8 Å². The summed E-state index contributed by atoms with van der Waals surface area (Å²) in [5, 5.41) is 6.16. The number of anilines is 1. The highest BCUT2D eigenvalue weighted by atomic mass is 16.2. The molecule has 0 spiro atoms. The fraction of sp³-hybridized carbons (Fsp3) is 0.500. The first-order chi connectivity index (χ1) is 8.16. The fourth-order valence-corrected chi connectivity index (χ4v) is 1.96. The van der Waals surface area contributed by atoms with Crippen molar-refractivity contribution in [3.8, 4) is 0 Å². The summed E-state index contributed by atoms with van der Waals surface area (Å²) in [7, 11) is 0. The minimum absolute atomic E-state index is 0.0374.